The van der Waals surface area contributed by atoms with Crippen LogP contribution >= 0.6 is 0 Å². The Morgan fingerprint density at radius 3 is 2.39 bits per heavy atom. The summed E-state index contributed by atoms with van der Waals surface area (Å²) in [5.41, 5.74) is 0. The Labute approximate surface area is 110 Å². The van der Waals surface area contributed by atoms with E-state index >= 15 is 0 Å². The normalized spacial score (nSPS) is 25.1. The van der Waals surface area contributed by atoms with Crippen LogP contribution < -0.4 is 0 Å². The molecule has 0 saturated carbocycles. The van der Waals surface area contributed by atoms with Crippen LogP contribution in [0.1, 0.15) is 33.1 Å². The summed E-state index contributed by atoms with van der Waals surface area (Å²) in [4.78, 5) is 16.9. The van der Waals surface area contributed by atoms with Crippen LogP contribution in [0.5, 0.6) is 0 Å². The summed E-state index contributed by atoms with van der Waals surface area (Å²) < 4.78 is 5.32. The van der Waals surface area contributed by atoms with Gasteiger partial charge >= 0.3 is 0 Å². The second kappa shape index (κ2) is 6.53. The molecule has 2 heterocycles. The molecule has 0 spiro atoms. The van der Waals surface area contributed by atoms with E-state index in [1.54, 1.807) is 0 Å². The number of carbonyl (C=O) groups excluding carboxylic acids is 1. The molecule has 0 N–H and O–H groups in total. The van der Waals surface area contributed by atoms with Gasteiger partial charge in [-0.2, -0.15) is 0 Å². The number of ether oxygens (including phenoxy) is 1. The number of carbonyl (C=O) groups is 1. The predicted molar refractivity (Wildman–Crippen MR) is 71.4 cm³/mol. The Kier molecular flexibility index (Phi) is 5.01. The van der Waals surface area contributed by atoms with Gasteiger partial charge < -0.3 is 9.64 Å². The Bertz CT molecular complexity index is 269. The predicted octanol–water partition coefficient (Wildman–Crippen LogP) is 1.36. The third kappa shape index (κ3) is 3.23. The van der Waals surface area contributed by atoms with Gasteiger partial charge in [0.1, 0.15) is 0 Å². The van der Waals surface area contributed by atoms with Crippen LogP contribution in [0.3, 0.4) is 0 Å². The molecule has 0 aliphatic carbocycles. The summed E-state index contributed by atoms with van der Waals surface area (Å²) in [6, 6.07) is 0.644. The summed E-state index contributed by atoms with van der Waals surface area (Å²) in [5, 5.41) is 0. The molecule has 4 heteroatoms. The summed E-state index contributed by atoms with van der Waals surface area (Å²) in [7, 11) is 0. The van der Waals surface area contributed by atoms with Gasteiger partial charge in [0, 0.05) is 51.4 Å². The minimum atomic E-state index is 0.217. The first-order chi connectivity index (χ1) is 8.72. The number of hydrogen-bond acceptors (Lipinski definition) is 3. The SMILES string of the molecule is CCC(C)N1CCN(C(=O)C2CCOCC2)CC1. The highest BCUT2D eigenvalue weighted by Crippen LogP contribution is 2.19. The average Bonchev–Trinajstić information content (AvgIpc) is 2.47. The van der Waals surface area contributed by atoms with E-state index in [2.05, 4.69) is 23.6 Å². The lowest BCUT2D eigenvalue weighted by Crippen LogP contribution is -2.52. The zero-order chi connectivity index (χ0) is 13.0. The van der Waals surface area contributed by atoms with Crippen LogP contribution in [0.4, 0.5) is 0 Å². The average molecular weight is 254 g/mol. The van der Waals surface area contributed by atoms with Gasteiger partial charge in [0.2, 0.25) is 5.91 Å². The van der Waals surface area contributed by atoms with Crippen LogP contribution in [0.25, 0.3) is 0 Å². The van der Waals surface area contributed by atoms with Gasteiger partial charge in [-0.05, 0) is 26.2 Å². The van der Waals surface area contributed by atoms with Crippen molar-refractivity contribution in [3.05, 3.63) is 0 Å². The van der Waals surface area contributed by atoms with Crippen molar-refractivity contribution in [2.24, 2.45) is 5.92 Å². The van der Waals surface area contributed by atoms with E-state index in [9.17, 15) is 4.79 Å². The molecule has 0 aromatic rings. The van der Waals surface area contributed by atoms with Gasteiger partial charge in [0.05, 0.1) is 0 Å². The quantitative estimate of drug-likeness (QED) is 0.762. The van der Waals surface area contributed by atoms with Crippen LogP contribution in [0.15, 0.2) is 0 Å². The van der Waals surface area contributed by atoms with Crippen molar-refractivity contribution >= 4 is 5.91 Å². The molecule has 1 amide bonds. The lowest BCUT2D eigenvalue weighted by Gasteiger charge is -2.39. The molecule has 1 atom stereocenters. The monoisotopic (exact) mass is 254 g/mol. The van der Waals surface area contributed by atoms with Gasteiger partial charge in [0.15, 0.2) is 0 Å². The van der Waals surface area contributed by atoms with E-state index in [0.29, 0.717) is 11.9 Å². The molecule has 104 valence electrons. The van der Waals surface area contributed by atoms with E-state index in [1.165, 1.54) is 6.42 Å². The van der Waals surface area contributed by atoms with Gasteiger partial charge in [-0.3, -0.25) is 9.69 Å². The van der Waals surface area contributed by atoms with Crippen LogP contribution in [-0.4, -0.2) is 61.1 Å². The minimum absolute atomic E-state index is 0.217. The van der Waals surface area contributed by atoms with Crippen molar-refractivity contribution in [1.82, 2.24) is 9.80 Å². The molecule has 2 fully saturated rings. The van der Waals surface area contributed by atoms with Crippen LogP contribution in [0.2, 0.25) is 0 Å². The fourth-order valence-corrected chi connectivity index (χ4v) is 2.84. The second-order valence-electron chi connectivity index (χ2n) is 5.51. The number of hydrogen-bond donors (Lipinski definition) is 0. The van der Waals surface area contributed by atoms with Crippen molar-refractivity contribution in [1.29, 1.82) is 0 Å². The van der Waals surface area contributed by atoms with Gasteiger partial charge in [-0.25, -0.2) is 0 Å². The molecule has 2 saturated heterocycles. The lowest BCUT2D eigenvalue weighted by atomic mass is 9.98. The van der Waals surface area contributed by atoms with Gasteiger partial charge in [-0.1, -0.05) is 6.92 Å². The topological polar surface area (TPSA) is 32.8 Å². The van der Waals surface area contributed by atoms with Crippen LogP contribution in [0, 0.1) is 5.92 Å². The summed E-state index contributed by atoms with van der Waals surface area (Å²) in [6.45, 7) is 9.88. The Balaban J connectivity index is 1.79. The molecule has 18 heavy (non-hydrogen) atoms. The highest BCUT2D eigenvalue weighted by molar-refractivity contribution is 5.79. The molecule has 4 nitrogen and oxygen atoms in total. The highest BCUT2D eigenvalue weighted by Gasteiger charge is 2.29. The number of rotatable bonds is 3. The maximum Gasteiger partial charge on any atom is 0.225 e. The van der Waals surface area contributed by atoms with E-state index in [-0.39, 0.29) is 5.92 Å². The van der Waals surface area contributed by atoms with Crippen molar-refractivity contribution < 1.29 is 9.53 Å². The summed E-state index contributed by atoms with van der Waals surface area (Å²) in [5.74, 6) is 0.580. The fraction of sp³-hybridized carbons (Fsp3) is 0.929. The molecule has 2 aliphatic heterocycles. The van der Waals surface area contributed by atoms with E-state index in [1.807, 2.05) is 0 Å². The first-order valence-corrected chi connectivity index (χ1v) is 7.33. The lowest BCUT2D eigenvalue weighted by molar-refractivity contribution is -0.140. The fourth-order valence-electron chi connectivity index (χ4n) is 2.84. The summed E-state index contributed by atoms with van der Waals surface area (Å²) >= 11 is 0. The Morgan fingerprint density at radius 1 is 1.22 bits per heavy atom. The van der Waals surface area contributed by atoms with Crippen molar-refractivity contribution in [3.8, 4) is 0 Å². The van der Waals surface area contributed by atoms with E-state index in [0.717, 1.165) is 52.2 Å². The molecular weight excluding hydrogens is 228 g/mol. The second-order valence-corrected chi connectivity index (χ2v) is 5.51. The number of amides is 1. The molecule has 0 aromatic carbocycles. The Hall–Kier alpha value is -0.610. The van der Waals surface area contributed by atoms with Crippen molar-refractivity contribution in [2.75, 3.05) is 39.4 Å². The van der Waals surface area contributed by atoms with Gasteiger partial charge in [0.25, 0.3) is 0 Å². The Morgan fingerprint density at radius 2 is 1.83 bits per heavy atom. The van der Waals surface area contributed by atoms with E-state index in [4.69, 9.17) is 4.74 Å². The zero-order valence-corrected chi connectivity index (χ0v) is 11.7. The first kappa shape index (κ1) is 13.8. The van der Waals surface area contributed by atoms with Crippen molar-refractivity contribution in [2.45, 2.75) is 39.2 Å². The molecule has 0 radical (unpaired) electrons. The number of nitrogens with zero attached hydrogens (tertiary/aromatic N) is 2. The molecular formula is C14H26N2O2. The molecule has 2 aliphatic rings. The van der Waals surface area contributed by atoms with Crippen molar-refractivity contribution in [3.63, 3.8) is 0 Å². The molecule has 1 unspecified atom stereocenters. The van der Waals surface area contributed by atoms with E-state index < -0.39 is 0 Å². The first-order valence-electron chi connectivity index (χ1n) is 7.33. The number of piperazine rings is 1. The molecule has 0 bridgehead atoms. The molecule has 0 aromatic heterocycles. The highest BCUT2D eigenvalue weighted by atomic mass is 16.5. The minimum Gasteiger partial charge on any atom is -0.381 e. The largest absolute Gasteiger partial charge is 0.381 e. The van der Waals surface area contributed by atoms with Gasteiger partial charge in [-0.15, -0.1) is 0 Å². The van der Waals surface area contributed by atoms with Crippen LogP contribution in [-0.2, 0) is 9.53 Å². The zero-order valence-electron chi connectivity index (χ0n) is 11.7. The maximum atomic E-state index is 12.4. The third-order valence-corrected chi connectivity index (χ3v) is 4.41. The summed E-state index contributed by atoms with van der Waals surface area (Å²) in [6.07, 6.45) is 3.00. The third-order valence-electron chi connectivity index (χ3n) is 4.41. The molecule has 2 rings (SSSR count). The maximum absolute atomic E-state index is 12.4. The smallest absolute Gasteiger partial charge is 0.225 e. The standard InChI is InChI=1S/C14H26N2O2/c1-3-12(2)15-6-8-16(9-7-15)14(17)13-4-10-18-11-5-13/h12-13H,3-11H2,1-2H3.